The highest BCUT2D eigenvalue weighted by molar-refractivity contribution is 5.89. The maximum Gasteiger partial charge on any atom is 0.417 e. The van der Waals surface area contributed by atoms with Gasteiger partial charge < -0.3 is 15.2 Å². The number of aliphatic hydroxyl groups is 1. The van der Waals surface area contributed by atoms with Crippen molar-refractivity contribution in [3.63, 3.8) is 0 Å². The van der Waals surface area contributed by atoms with Crippen LogP contribution in [0.25, 0.3) is 21.7 Å². The number of aromatic amines is 1. The van der Waals surface area contributed by atoms with Crippen LogP contribution in [0.15, 0.2) is 66.7 Å². The minimum atomic E-state index is -4.85. The van der Waals surface area contributed by atoms with Crippen LogP contribution in [0.3, 0.4) is 0 Å². The molecule has 1 unspecified atom stereocenters. The largest absolute Gasteiger partial charge is 0.507 e. The van der Waals surface area contributed by atoms with Crippen molar-refractivity contribution >= 4 is 21.7 Å². The van der Waals surface area contributed by atoms with E-state index in [4.69, 9.17) is 0 Å². The number of phenols is 1. The predicted molar refractivity (Wildman–Crippen MR) is 116 cm³/mol. The van der Waals surface area contributed by atoms with Crippen LogP contribution in [0.4, 0.5) is 13.2 Å². The van der Waals surface area contributed by atoms with E-state index in [9.17, 15) is 23.4 Å². The molecule has 1 atom stereocenters. The summed E-state index contributed by atoms with van der Waals surface area (Å²) in [4.78, 5) is 2.98. The van der Waals surface area contributed by atoms with Gasteiger partial charge in [0.2, 0.25) is 0 Å². The first-order valence-electron chi connectivity index (χ1n) is 10.1. The zero-order valence-corrected chi connectivity index (χ0v) is 17.3. The average molecular weight is 427 g/mol. The number of hydrogen-bond donors (Lipinski definition) is 3. The molecule has 1 aromatic heterocycles. The molecule has 3 nitrogen and oxygen atoms in total. The van der Waals surface area contributed by atoms with Crippen molar-refractivity contribution in [2.45, 2.75) is 43.9 Å². The van der Waals surface area contributed by atoms with E-state index in [1.54, 1.807) is 62.4 Å². The first-order valence-corrected chi connectivity index (χ1v) is 10.1. The van der Waals surface area contributed by atoms with Crippen molar-refractivity contribution in [1.82, 2.24) is 4.98 Å². The number of benzene rings is 3. The summed E-state index contributed by atoms with van der Waals surface area (Å²) in [5.41, 5.74) is -2.74. The van der Waals surface area contributed by atoms with E-state index in [1.165, 1.54) is 0 Å². The van der Waals surface area contributed by atoms with Crippen LogP contribution < -0.4 is 0 Å². The van der Waals surface area contributed by atoms with Gasteiger partial charge in [-0.15, -0.1) is 0 Å². The van der Waals surface area contributed by atoms with Gasteiger partial charge in [0.25, 0.3) is 0 Å². The van der Waals surface area contributed by atoms with Crippen LogP contribution in [-0.2, 0) is 11.8 Å². The Morgan fingerprint density at radius 3 is 2.19 bits per heavy atom. The molecule has 0 aliphatic rings. The summed E-state index contributed by atoms with van der Waals surface area (Å²) in [7, 11) is 0. The number of halogens is 3. The Morgan fingerprint density at radius 2 is 1.52 bits per heavy atom. The molecule has 0 saturated heterocycles. The molecule has 3 N–H and O–H groups in total. The zero-order chi connectivity index (χ0) is 22.4. The van der Waals surface area contributed by atoms with E-state index < -0.39 is 30.0 Å². The molecular formula is C25H24F3NO2. The number of phenolic OH excluding ortho intramolecular Hbond substituents is 1. The summed E-state index contributed by atoms with van der Waals surface area (Å²) in [5.74, 6) is -0.0572. The maximum atomic E-state index is 14.1. The van der Waals surface area contributed by atoms with Crippen molar-refractivity contribution in [3.8, 4) is 5.75 Å². The number of fused-ring (bicyclic) bond motifs is 2. The molecule has 0 spiro atoms. The van der Waals surface area contributed by atoms with Crippen LogP contribution in [0.1, 0.15) is 31.5 Å². The first kappa shape index (κ1) is 21.2. The lowest BCUT2D eigenvalue weighted by Crippen LogP contribution is -2.50. The van der Waals surface area contributed by atoms with Gasteiger partial charge in [-0.2, -0.15) is 13.2 Å². The van der Waals surface area contributed by atoms with Crippen LogP contribution in [-0.4, -0.2) is 27.0 Å². The molecule has 0 saturated carbocycles. The van der Waals surface area contributed by atoms with Crippen LogP contribution in [0, 0.1) is 0 Å². The summed E-state index contributed by atoms with van der Waals surface area (Å²) in [6.45, 7) is 3.22. The molecule has 0 fully saturated rings. The molecule has 162 valence electrons. The van der Waals surface area contributed by atoms with Crippen molar-refractivity contribution in [2.75, 3.05) is 0 Å². The molecule has 0 radical (unpaired) electrons. The van der Waals surface area contributed by atoms with Crippen LogP contribution in [0.2, 0.25) is 0 Å². The fraction of sp³-hybridized carbons (Fsp3) is 0.280. The van der Waals surface area contributed by atoms with Gasteiger partial charge in [0.05, 0.1) is 0 Å². The van der Waals surface area contributed by atoms with Gasteiger partial charge in [0.1, 0.15) is 5.75 Å². The SMILES string of the molecule is CC(C)(CC(O)(Cc1cc2ccccc2[nH]1)C(F)(F)F)c1ccc2ccccc2c1O. The van der Waals surface area contributed by atoms with Gasteiger partial charge in [-0.3, -0.25) is 0 Å². The van der Waals surface area contributed by atoms with Crippen LogP contribution >= 0.6 is 0 Å². The highest BCUT2D eigenvalue weighted by atomic mass is 19.4. The van der Waals surface area contributed by atoms with Crippen LogP contribution in [0.5, 0.6) is 5.75 Å². The molecular weight excluding hydrogens is 403 g/mol. The molecule has 31 heavy (non-hydrogen) atoms. The lowest BCUT2D eigenvalue weighted by Gasteiger charge is -2.38. The lowest BCUT2D eigenvalue weighted by molar-refractivity contribution is -0.266. The predicted octanol–water partition coefficient (Wildman–Crippen LogP) is 6.23. The average Bonchev–Trinajstić information content (AvgIpc) is 3.08. The Bertz CT molecular complexity index is 1210. The van der Waals surface area contributed by atoms with E-state index in [0.717, 1.165) is 10.8 Å². The normalized spacial score (nSPS) is 14.8. The van der Waals surface area contributed by atoms with Gasteiger partial charge in [0.15, 0.2) is 5.60 Å². The molecule has 4 rings (SSSR count). The molecule has 0 aliphatic carbocycles. The van der Waals surface area contributed by atoms with Crippen molar-refractivity contribution in [2.24, 2.45) is 0 Å². The molecule has 6 heteroatoms. The molecule has 1 heterocycles. The smallest absolute Gasteiger partial charge is 0.417 e. The third-order valence-electron chi connectivity index (χ3n) is 5.96. The number of hydrogen-bond acceptors (Lipinski definition) is 2. The third-order valence-corrected chi connectivity index (χ3v) is 5.96. The number of alkyl halides is 3. The second kappa shape index (κ2) is 7.31. The highest BCUT2D eigenvalue weighted by Gasteiger charge is 2.56. The molecule has 0 aliphatic heterocycles. The number of aromatic nitrogens is 1. The summed E-state index contributed by atoms with van der Waals surface area (Å²) in [6.07, 6.45) is -6.07. The Morgan fingerprint density at radius 1 is 0.871 bits per heavy atom. The van der Waals surface area contributed by atoms with Gasteiger partial charge in [0, 0.05) is 28.6 Å². The minimum Gasteiger partial charge on any atom is -0.507 e. The first-order chi connectivity index (χ1) is 14.5. The Labute approximate surface area is 178 Å². The standard InChI is InChI=1S/C25H24F3NO2/c1-23(2,20-12-11-16-7-3-5-9-19(16)22(20)30)15-24(31,25(26,27)28)14-18-13-17-8-4-6-10-21(17)29-18/h3-13,29-31H,14-15H2,1-2H3. The van der Waals surface area contributed by atoms with Crippen molar-refractivity contribution in [1.29, 1.82) is 0 Å². The monoisotopic (exact) mass is 427 g/mol. The number of rotatable bonds is 5. The number of nitrogens with one attached hydrogen (secondary N) is 1. The zero-order valence-electron chi connectivity index (χ0n) is 17.3. The van der Waals surface area contributed by atoms with E-state index in [0.29, 0.717) is 22.2 Å². The lowest BCUT2D eigenvalue weighted by atomic mass is 9.72. The topological polar surface area (TPSA) is 56.2 Å². The summed E-state index contributed by atoms with van der Waals surface area (Å²) in [6, 6.07) is 19.4. The van der Waals surface area contributed by atoms with Gasteiger partial charge in [-0.25, -0.2) is 0 Å². The minimum absolute atomic E-state index is 0.0572. The maximum absolute atomic E-state index is 14.1. The highest BCUT2D eigenvalue weighted by Crippen LogP contribution is 2.46. The summed E-state index contributed by atoms with van der Waals surface area (Å²) >= 11 is 0. The number of para-hydroxylation sites is 1. The Kier molecular flexibility index (Phi) is 5.01. The number of H-pyrrole nitrogens is 1. The molecule has 4 aromatic rings. The Hall–Kier alpha value is -2.99. The van der Waals surface area contributed by atoms with E-state index in [2.05, 4.69) is 4.98 Å². The fourth-order valence-electron chi connectivity index (χ4n) is 4.43. The van der Waals surface area contributed by atoms with E-state index in [-0.39, 0.29) is 5.75 Å². The van der Waals surface area contributed by atoms with E-state index >= 15 is 0 Å². The van der Waals surface area contributed by atoms with Gasteiger partial charge >= 0.3 is 6.18 Å². The second-order valence-electron chi connectivity index (χ2n) is 8.83. The second-order valence-corrected chi connectivity index (χ2v) is 8.83. The van der Waals surface area contributed by atoms with Crippen molar-refractivity contribution in [3.05, 3.63) is 78.0 Å². The van der Waals surface area contributed by atoms with Crippen molar-refractivity contribution < 1.29 is 23.4 Å². The Balaban J connectivity index is 1.72. The van der Waals surface area contributed by atoms with Gasteiger partial charge in [-0.05, 0) is 34.7 Å². The molecule has 3 aromatic carbocycles. The quantitative estimate of drug-likeness (QED) is 0.354. The number of aromatic hydroxyl groups is 1. The summed E-state index contributed by atoms with van der Waals surface area (Å²) in [5, 5.41) is 23.9. The van der Waals surface area contributed by atoms with Gasteiger partial charge in [-0.1, -0.05) is 68.4 Å². The fourth-order valence-corrected chi connectivity index (χ4v) is 4.43. The van der Waals surface area contributed by atoms with E-state index in [1.807, 2.05) is 18.2 Å². The molecule has 0 amide bonds. The molecule has 0 bridgehead atoms. The summed E-state index contributed by atoms with van der Waals surface area (Å²) < 4.78 is 42.4. The third kappa shape index (κ3) is 3.88.